The van der Waals surface area contributed by atoms with Crippen LogP contribution in [0, 0.1) is 0 Å². The Bertz CT molecular complexity index is 915. The van der Waals surface area contributed by atoms with E-state index in [4.69, 9.17) is 14.5 Å². The summed E-state index contributed by atoms with van der Waals surface area (Å²) < 4.78 is 10.8. The van der Waals surface area contributed by atoms with Crippen molar-refractivity contribution >= 4 is 5.95 Å². The smallest absolute Gasteiger partial charge is 0.255 e. The normalized spacial score (nSPS) is 18.0. The first-order valence-electron chi connectivity index (χ1n) is 10.6. The number of nitrogens with one attached hydrogen (secondary N) is 1. The second-order valence-electron chi connectivity index (χ2n) is 8.10. The lowest BCUT2D eigenvalue weighted by molar-refractivity contribution is 0.277. The van der Waals surface area contributed by atoms with Crippen molar-refractivity contribution in [2.45, 2.75) is 19.4 Å². The van der Waals surface area contributed by atoms with Gasteiger partial charge in [0, 0.05) is 63.9 Å². The largest absolute Gasteiger partial charge is 0.497 e. The lowest BCUT2D eigenvalue weighted by atomic mass is 10.1. The van der Waals surface area contributed by atoms with E-state index in [0.29, 0.717) is 6.42 Å². The Kier molecular flexibility index (Phi) is 6.24. The number of hydrogen-bond donors (Lipinski definition) is 1. The van der Waals surface area contributed by atoms with Gasteiger partial charge in [0.15, 0.2) is 0 Å². The van der Waals surface area contributed by atoms with Crippen LogP contribution in [-0.4, -0.2) is 80.3 Å². The lowest BCUT2D eigenvalue weighted by Crippen LogP contribution is -2.45. The van der Waals surface area contributed by atoms with Gasteiger partial charge in [-0.1, -0.05) is 0 Å². The molecule has 0 atom stereocenters. The fourth-order valence-electron chi connectivity index (χ4n) is 4.18. The van der Waals surface area contributed by atoms with Crippen LogP contribution in [0.2, 0.25) is 0 Å². The molecule has 2 aliphatic heterocycles. The van der Waals surface area contributed by atoms with Crippen LogP contribution < -0.4 is 19.9 Å². The number of rotatable bonds is 5. The molecule has 2 aliphatic rings. The number of hydrogen-bond acceptors (Lipinski definition) is 7. The van der Waals surface area contributed by atoms with Gasteiger partial charge in [0.25, 0.3) is 5.56 Å². The first-order chi connectivity index (χ1) is 14.6. The zero-order valence-electron chi connectivity index (χ0n) is 18.1. The number of nitrogens with zero attached hydrogens (tertiary/aromatic N) is 4. The van der Waals surface area contributed by atoms with Crippen LogP contribution in [0.4, 0.5) is 5.95 Å². The number of piperazine rings is 1. The average molecular weight is 414 g/mol. The molecule has 3 heterocycles. The Balaban J connectivity index is 1.48. The van der Waals surface area contributed by atoms with Gasteiger partial charge < -0.3 is 19.3 Å². The van der Waals surface area contributed by atoms with Gasteiger partial charge in [-0.05, 0) is 31.2 Å². The summed E-state index contributed by atoms with van der Waals surface area (Å²) in [5, 5.41) is 0. The van der Waals surface area contributed by atoms with E-state index < -0.39 is 0 Å². The highest BCUT2D eigenvalue weighted by molar-refractivity contribution is 5.39. The van der Waals surface area contributed by atoms with Crippen LogP contribution in [-0.2, 0) is 19.4 Å². The summed E-state index contributed by atoms with van der Waals surface area (Å²) >= 11 is 0. The van der Waals surface area contributed by atoms with E-state index in [1.807, 2.05) is 18.2 Å². The maximum absolute atomic E-state index is 12.8. The molecule has 1 aromatic carbocycles. The zero-order chi connectivity index (χ0) is 21.1. The van der Waals surface area contributed by atoms with Crippen molar-refractivity contribution in [3.8, 4) is 11.5 Å². The number of likely N-dealkylation sites (N-methyl/N-ethyl adjacent to an activating group) is 1. The number of methoxy groups -OCH3 is 2. The Morgan fingerprint density at radius 1 is 0.967 bits per heavy atom. The van der Waals surface area contributed by atoms with Gasteiger partial charge in [-0.15, -0.1) is 0 Å². The molecule has 2 aromatic rings. The van der Waals surface area contributed by atoms with E-state index in [0.717, 1.165) is 86.5 Å². The molecule has 8 nitrogen and oxygen atoms in total. The molecule has 0 radical (unpaired) electrons. The number of anilines is 1. The molecule has 0 unspecified atom stereocenters. The number of ether oxygens (including phenoxy) is 2. The predicted octanol–water partition coefficient (Wildman–Crippen LogP) is 1.14. The monoisotopic (exact) mass is 413 g/mol. The molecule has 0 bridgehead atoms. The predicted molar refractivity (Wildman–Crippen MR) is 117 cm³/mol. The first kappa shape index (κ1) is 20.7. The average Bonchev–Trinajstić information content (AvgIpc) is 2.96. The van der Waals surface area contributed by atoms with Gasteiger partial charge in [0.2, 0.25) is 5.95 Å². The molecule has 1 aromatic heterocycles. The third-order valence-electron chi connectivity index (χ3n) is 6.05. The number of benzene rings is 1. The minimum atomic E-state index is 0.0128. The van der Waals surface area contributed by atoms with E-state index in [1.54, 1.807) is 14.2 Å². The highest BCUT2D eigenvalue weighted by Crippen LogP contribution is 2.24. The molecule has 0 saturated carbocycles. The Labute approximate surface area is 177 Å². The quantitative estimate of drug-likeness (QED) is 0.788. The molecule has 1 saturated heterocycles. The Morgan fingerprint density at radius 2 is 1.63 bits per heavy atom. The van der Waals surface area contributed by atoms with Crippen LogP contribution in [0.15, 0.2) is 23.0 Å². The van der Waals surface area contributed by atoms with Crippen LogP contribution >= 0.6 is 0 Å². The van der Waals surface area contributed by atoms with Gasteiger partial charge in [0.05, 0.1) is 19.9 Å². The first-order valence-corrected chi connectivity index (χ1v) is 10.6. The minimum absolute atomic E-state index is 0.0128. The van der Waals surface area contributed by atoms with Crippen molar-refractivity contribution in [2.75, 3.05) is 65.4 Å². The van der Waals surface area contributed by atoms with Crippen molar-refractivity contribution in [3.05, 3.63) is 45.4 Å². The third-order valence-corrected chi connectivity index (χ3v) is 6.05. The third kappa shape index (κ3) is 4.60. The summed E-state index contributed by atoms with van der Waals surface area (Å²) in [4.78, 5) is 27.5. The Morgan fingerprint density at radius 3 is 2.30 bits per heavy atom. The lowest BCUT2D eigenvalue weighted by Gasteiger charge is -2.32. The second-order valence-corrected chi connectivity index (χ2v) is 8.10. The summed E-state index contributed by atoms with van der Waals surface area (Å²) in [7, 11) is 5.45. The summed E-state index contributed by atoms with van der Waals surface area (Å²) in [6.45, 7) is 6.22. The molecular weight excluding hydrogens is 382 g/mol. The zero-order valence-corrected chi connectivity index (χ0v) is 18.1. The SMILES string of the molecule is COc1cc(CN2CCc3nc(N4CCN(C)CC4)[nH]c(=O)c3CC2)cc(OC)c1. The molecule has 0 aliphatic carbocycles. The van der Waals surface area contributed by atoms with Crippen molar-refractivity contribution in [1.29, 1.82) is 0 Å². The maximum Gasteiger partial charge on any atom is 0.255 e. The van der Waals surface area contributed by atoms with Gasteiger partial charge in [-0.2, -0.15) is 0 Å². The molecule has 1 fully saturated rings. The molecule has 4 rings (SSSR count). The van der Waals surface area contributed by atoms with Gasteiger partial charge in [-0.25, -0.2) is 4.98 Å². The van der Waals surface area contributed by atoms with Crippen LogP contribution in [0.25, 0.3) is 0 Å². The van der Waals surface area contributed by atoms with Crippen molar-refractivity contribution in [3.63, 3.8) is 0 Å². The number of aromatic nitrogens is 2. The van der Waals surface area contributed by atoms with Crippen molar-refractivity contribution in [2.24, 2.45) is 0 Å². The summed E-state index contributed by atoms with van der Waals surface area (Å²) in [6.07, 6.45) is 1.49. The molecule has 30 heavy (non-hydrogen) atoms. The van der Waals surface area contributed by atoms with E-state index in [1.165, 1.54) is 0 Å². The molecule has 1 N–H and O–H groups in total. The highest BCUT2D eigenvalue weighted by Gasteiger charge is 2.22. The fraction of sp³-hybridized carbons (Fsp3) is 0.545. The van der Waals surface area contributed by atoms with E-state index in [2.05, 4.69) is 26.7 Å². The fourth-order valence-corrected chi connectivity index (χ4v) is 4.18. The minimum Gasteiger partial charge on any atom is -0.497 e. The van der Waals surface area contributed by atoms with Gasteiger partial charge in [-0.3, -0.25) is 14.7 Å². The summed E-state index contributed by atoms with van der Waals surface area (Å²) in [6, 6.07) is 5.96. The van der Waals surface area contributed by atoms with E-state index >= 15 is 0 Å². The standard InChI is InChI=1S/C22H31N5O3/c1-25-8-10-27(11-9-25)22-23-20-5-7-26(6-4-19(20)21(28)24-22)15-16-12-17(29-2)14-18(13-16)30-3/h12-14H,4-11,15H2,1-3H3,(H,23,24,28). The van der Waals surface area contributed by atoms with Gasteiger partial charge >= 0.3 is 0 Å². The summed E-state index contributed by atoms with van der Waals surface area (Å²) in [5.74, 6) is 2.30. The summed E-state index contributed by atoms with van der Waals surface area (Å²) in [5.41, 5.74) is 2.92. The highest BCUT2D eigenvalue weighted by atomic mass is 16.5. The van der Waals surface area contributed by atoms with Crippen LogP contribution in [0.1, 0.15) is 16.8 Å². The van der Waals surface area contributed by atoms with Crippen molar-refractivity contribution in [1.82, 2.24) is 19.8 Å². The molecule has 162 valence electrons. The van der Waals surface area contributed by atoms with Crippen LogP contribution in [0.3, 0.4) is 0 Å². The number of aromatic amines is 1. The van der Waals surface area contributed by atoms with E-state index in [-0.39, 0.29) is 5.56 Å². The number of fused-ring (bicyclic) bond motifs is 1. The molecule has 8 heteroatoms. The Hall–Kier alpha value is -2.58. The molecule has 0 amide bonds. The van der Waals surface area contributed by atoms with Crippen LogP contribution in [0.5, 0.6) is 11.5 Å². The maximum atomic E-state index is 12.8. The van der Waals surface area contributed by atoms with Gasteiger partial charge in [0.1, 0.15) is 11.5 Å². The van der Waals surface area contributed by atoms with E-state index in [9.17, 15) is 4.79 Å². The van der Waals surface area contributed by atoms with Crippen molar-refractivity contribution < 1.29 is 9.47 Å². The number of H-pyrrole nitrogens is 1. The topological polar surface area (TPSA) is 73.9 Å². The second kappa shape index (κ2) is 9.06. The molecular formula is C22H31N5O3. The molecule has 0 spiro atoms.